The summed E-state index contributed by atoms with van der Waals surface area (Å²) in [6.45, 7) is 7.36. The number of methoxy groups -OCH3 is 1. The van der Waals surface area contributed by atoms with Crippen LogP contribution in [0.1, 0.15) is 28.1 Å². The molecule has 1 heterocycles. The number of carbonyl (C=O) groups excluding carboxylic acids is 1. The molecule has 0 aliphatic carbocycles. The van der Waals surface area contributed by atoms with Crippen molar-refractivity contribution in [2.45, 2.75) is 33.7 Å². The zero-order valence-corrected chi connectivity index (χ0v) is 19.1. The van der Waals surface area contributed by atoms with Crippen molar-refractivity contribution in [1.29, 1.82) is 0 Å². The summed E-state index contributed by atoms with van der Waals surface area (Å²) in [7, 11) is 1.64. The highest BCUT2D eigenvalue weighted by Gasteiger charge is 2.16. The van der Waals surface area contributed by atoms with E-state index in [0.29, 0.717) is 24.8 Å². The van der Waals surface area contributed by atoms with Crippen LogP contribution in [-0.2, 0) is 22.5 Å². The number of amides is 1. The Hall–Kier alpha value is -2.83. The first-order valence-electron chi connectivity index (χ1n) is 10.2. The highest BCUT2D eigenvalue weighted by molar-refractivity contribution is 6.31. The third-order valence-corrected chi connectivity index (χ3v) is 5.55. The fourth-order valence-corrected chi connectivity index (χ4v) is 3.44. The highest BCUT2D eigenvalue weighted by Crippen LogP contribution is 2.23. The molecule has 3 aromatic rings. The molecular formula is C24H28ClN3O3. The summed E-state index contributed by atoms with van der Waals surface area (Å²) in [6, 6.07) is 13.5. The maximum absolute atomic E-state index is 12.6. The molecule has 0 bridgehead atoms. The van der Waals surface area contributed by atoms with Gasteiger partial charge < -0.3 is 14.8 Å². The molecule has 0 saturated heterocycles. The number of halogens is 1. The van der Waals surface area contributed by atoms with E-state index in [1.165, 1.54) is 0 Å². The third-order valence-electron chi connectivity index (χ3n) is 5.15. The molecule has 0 unspecified atom stereocenters. The molecule has 0 aliphatic rings. The predicted molar refractivity (Wildman–Crippen MR) is 122 cm³/mol. The summed E-state index contributed by atoms with van der Waals surface area (Å²) in [5, 5.41) is 8.29. The SMILES string of the molecule is COCCOc1ccc(CNC(=O)Cc2c(C)nn(-c3ccc(C)c(Cl)c3)c2C)cc1. The van der Waals surface area contributed by atoms with Crippen molar-refractivity contribution in [3.05, 3.63) is 75.6 Å². The fraction of sp³-hybridized carbons (Fsp3) is 0.333. The lowest BCUT2D eigenvalue weighted by atomic mass is 10.1. The number of hydrogen-bond acceptors (Lipinski definition) is 4. The van der Waals surface area contributed by atoms with E-state index in [2.05, 4.69) is 10.4 Å². The van der Waals surface area contributed by atoms with Gasteiger partial charge >= 0.3 is 0 Å². The Morgan fingerprint density at radius 2 is 1.84 bits per heavy atom. The maximum Gasteiger partial charge on any atom is 0.224 e. The largest absolute Gasteiger partial charge is 0.491 e. The number of nitrogens with one attached hydrogen (secondary N) is 1. The van der Waals surface area contributed by atoms with E-state index in [0.717, 1.165) is 39.5 Å². The van der Waals surface area contributed by atoms with Gasteiger partial charge in [0.25, 0.3) is 0 Å². The minimum absolute atomic E-state index is 0.0480. The second kappa shape index (κ2) is 10.5. The van der Waals surface area contributed by atoms with E-state index in [-0.39, 0.29) is 12.3 Å². The Balaban J connectivity index is 1.60. The van der Waals surface area contributed by atoms with Gasteiger partial charge in [0.05, 0.1) is 24.4 Å². The molecule has 3 rings (SSSR count). The van der Waals surface area contributed by atoms with Gasteiger partial charge in [-0.3, -0.25) is 4.79 Å². The minimum atomic E-state index is -0.0480. The number of ether oxygens (including phenoxy) is 2. The van der Waals surface area contributed by atoms with Crippen LogP contribution in [-0.4, -0.2) is 36.0 Å². The molecule has 0 saturated carbocycles. The smallest absolute Gasteiger partial charge is 0.224 e. The van der Waals surface area contributed by atoms with Crippen molar-refractivity contribution in [3.8, 4) is 11.4 Å². The van der Waals surface area contributed by atoms with Gasteiger partial charge in [-0.2, -0.15) is 5.10 Å². The average Bonchev–Trinajstić information content (AvgIpc) is 3.03. The standard InChI is InChI=1S/C24H28ClN3O3/c1-16-5-8-20(13-23(16)25)28-18(3)22(17(2)27-28)14-24(29)26-15-19-6-9-21(10-7-19)31-12-11-30-4/h5-10,13H,11-12,14-15H2,1-4H3,(H,26,29). The van der Waals surface area contributed by atoms with E-state index in [9.17, 15) is 4.79 Å². The number of rotatable bonds is 9. The average molecular weight is 442 g/mol. The van der Waals surface area contributed by atoms with Crippen molar-refractivity contribution in [1.82, 2.24) is 15.1 Å². The molecule has 0 atom stereocenters. The van der Waals surface area contributed by atoms with Crippen molar-refractivity contribution in [2.24, 2.45) is 0 Å². The second-order valence-electron chi connectivity index (χ2n) is 7.43. The number of benzene rings is 2. The van der Waals surface area contributed by atoms with Crippen LogP contribution in [0.4, 0.5) is 0 Å². The lowest BCUT2D eigenvalue weighted by Gasteiger charge is -2.09. The van der Waals surface area contributed by atoms with E-state index < -0.39 is 0 Å². The fourth-order valence-electron chi connectivity index (χ4n) is 3.27. The lowest BCUT2D eigenvalue weighted by Crippen LogP contribution is -2.25. The normalized spacial score (nSPS) is 10.9. The molecule has 1 aromatic heterocycles. The Bertz CT molecular complexity index is 1040. The van der Waals surface area contributed by atoms with Crippen LogP contribution in [0.3, 0.4) is 0 Å². The Morgan fingerprint density at radius 3 is 2.52 bits per heavy atom. The summed E-state index contributed by atoms with van der Waals surface area (Å²) in [6.07, 6.45) is 0.273. The maximum atomic E-state index is 12.6. The topological polar surface area (TPSA) is 65.4 Å². The molecule has 6 nitrogen and oxygen atoms in total. The van der Waals surface area contributed by atoms with Gasteiger partial charge in [0.1, 0.15) is 12.4 Å². The summed E-state index contributed by atoms with van der Waals surface area (Å²) in [5.74, 6) is 0.732. The first-order chi connectivity index (χ1) is 14.9. The number of aryl methyl sites for hydroxylation is 2. The van der Waals surface area contributed by atoms with Crippen molar-refractivity contribution < 1.29 is 14.3 Å². The molecule has 1 amide bonds. The van der Waals surface area contributed by atoms with E-state index >= 15 is 0 Å². The summed E-state index contributed by atoms with van der Waals surface area (Å²) in [5.41, 5.74) is 5.60. The van der Waals surface area contributed by atoms with E-state index in [1.807, 2.05) is 67.9 Å². The molecule has 164 valence electrons. The summed E-state index contributed by atoms with van der Waals surface area (Å²) < 4.78 is 12.4. The van der Waals surface area contributed by atoms with Crippen LogP contribution in [0.25, 0.3) is 5.69 Å². The van der Waals surface area contributed by atoms with Crippen LogP contribution in [0, 0.1) is 20.8 Å². The number of hydrogen-bond donors (Lipinski definition) is 1. The van der Waals surface area contributed by atoms with Crippen LogP contribution in [0.5, 0.6) is 5.75 Å². The van der Waals surface area contributed by atoms with Gasteiger partial charge in [0.2, 0.25) is 5.91 Å². The molecule has 31 heavy (non-hydrogen) atoms. The van der Waals surface area contributed by atoms with Crippen molar-refractivity contribution in [2.75, 3.05) is 20.3 Å². The van der Waals surface area contributed by atoms with Gasteiger partial charge in [-0.25, -0.2) is 4.68 Å². The zero-order valence-electron chi connectivity index (χ0n) is 18.4. The first-order valence-corrected chi connectivity index (χ1v) is 10.6. The number of nitrogens with zero attached hydrogens (tertiary/aromatic N) is 2. The van der Waals surface area contributed by atoms with Crippen LogP contribution >= 0.6 is 11.6 Å². The molecule has 7 heteroatoms. The number of aromatic nitrogens is 2. The molecule has 2 aromatic carbocycles. The molecule has 1 N–H and O–H groups in total. The van der Waals surface area contributed by atoms with E-state index in [4.69, 9.17) is 21.1 Å². The van der Waals surface area contributed by atoms with Crippen molar-refractivity contribution in [3.63, 3.8) is 0 Å². The first kappa shape index (κ1) is 22.8. The quantitative estimate of drug-likeness (QED) is 0.502. The van der Waals surface area contributed by atoms with E-state index in [1.54, 1.807) is 7.11 Å². The van der Waals surface area contributed by atoms with Gasteiger partial charge in [-0.15, -0.1) is 0 Å². The van der Waals surface area contributed by atoms with Gasteiger partial charge in [0, 0.05) is 29.9 Å². The van der Waals surface area contributed by atoms with Gasteiger partial charge in [-0.1, -0.05) is 29.8 Å². The Morgan fingerprint density at radius 1 is 1.10 bits per heavy atom. The van der Waals surface area contributed by atoms with Crippen LogP contribution in [0.15, 0.2) is 42.5 Å². The summed E-state index contributed by atoms with van der Waals surface area (Å²) >= 11 is 6.27. The second-order valence-corrected chi connectivity index (χ2v) is 7.84. The minimum Gasteiger partial charge on any atom is -0.491 e. The lowest BCUT2D eigenvalue weighted by molar-refractivity contribution is -0.120. The zero-order chi connectivity index (χ0) is 22.4. The Kier molecular flexibility index (Phi) is 7.71. The van der Waals surface area contributed by atoms with Crippen molar-refractivity contribution >= 4 is 17.5 Å². The molecule has 0 spiro atoms. The molecular weight excluding hydrogens is 414 g/mol. The third kappa shape index (κ3) is 5.87. The highest BCUT2D eigenvalue weighted by atomic mass is 35.5. The molecule has 0 aliphatic heterocycles. The van der Waals surface area contributed by atoms with Gasteiger partial charge in [-0.05, 0) is 56.2 Å². The molecule has 0 radical (unpaired) electrons. The van der Waals surface area contributed by atoms with Gasteiger partial charge in [0.15, 0.2) is 0 Å². The predicted octanol–water partition coefficient (Wildman–Crippen LogP) is 4.34. The Labute approximate surface area is 188 Å². The molecule has 0 fully saturated rings. The van der Waals surface area contributed by atoms with Crippen LogP contribution < -0.4 is 10.1 Å². The summed E-state index contributed by atoms with van der Waals surface area (Å²) in [4.78, 5) is 12.6. The van der Waals surface area contributed by atoms with Crippen LogP contribution in [0.2, 0.25) is 5.02 Å². The number of carbonyl (C=O) groups is 1. The monoisotopic (exact) mass is 441 g/mol.